The van der Waals surface area contributed by atoms with Crippen LogP contribution in [0.5, 0.6) is 11.5 Å². The van der Waals surface area contributed by atoms with Gasteiger partial charge in [-0.25, -0.2) is 8.78 Å². The van der Waals surface area contributed by atoms with E-state index in [1.54, 1.807) is 36.4 Å². The van der Waals surface area contributed by atoms with Gasteiger partial charge in [-0.3, -0.25) is 9.59 Å². The third kappa shape index (κ3) is 5.64. The van der Waals surface area contributed by atoms with Gasteiger partial charge in [0.1, 0.15) is 23.8 Å². The zero-order valence-corrected chi connectivity index (χ0v) is 20.1. The maximum atomic E-state index is 14.3. The number of ether oxygens (including phenoxy) is 2. The van der Waals surface area contributed by atoms with E-state index in [1.807, 2.05) is 6.92 Å². The molecule has 0 saturated heterocycles. The third-order valence-corrected chi connectivity index (χ3v) is 6.23. The first-order valence-electron chi connectivity index (χ1n) is 11.6. The Kier molecular flexibility index (Phi) is 7.24. The highest BCUT2D eigenvalue weighted by Crippen LogP contribution is 2.44. The molecule has 0 bridgehead atoms. The number of nitrogens with zero attached hydrogens (tertiary/aromatic N) is 1. The molecular formula is C28H27F2NO5. The molecule has 0 fully saturated rings. The van der Waals surface area contributed by atoms with Crippen LogP contribution in [0, 0.1) is 11.6 Å². The SMILES string of the molecule is COc1cc(C(=O)N(CCc2ccc(F)cc2)CC(=O)O)cc2c1O[C@](C)(Cc1ccccc1F)C2. The van der Waals surface area contributed by atoms with E-state index in [4.69, 9.17) is 9.47 Å². The summed E-state index contributed by atoms with van der Waals surface area (Å²) in [5, 5.41) is 9.38. The summed E-state index contributed by atoms with van der Waals surface area (Å²) in [5.41, 5.74) is 1.55. The van der Waals surface area contributed by atoms with Gasteiger partial charge >= 0.3 is 5.97 Å². The van der Waals surface area contributed by atoms with Gasteiger partial charge < -0.3 is 19.5 Å². The first kappa shape index (κ1) is 25.2. The van der Waals surface area contributed by atoms with E-state index >= 15 is 0 Å². The summed E-state index contributed by atoms with van der Waals surface area (Å²) in [6.07, 6.45) is 1.11. The minimum absolute atomic E-state index is 0.137. The van der Waals surface area contributed by atoms with Crippen molar-refractivity contribution in [2.75, 3.05) is 20.2 Å². The van der Waals surface area contributed by atoms with E-state index in [9.17, 15) is 23.5 Å². The molecule has 1 heterocycles. The van der Waals surface area contributed by atoms with Crippen molar-refractivity contribution in [2.45, 2.75) is 31.8 Å². The van der Waals surface area contributed by atoms with E-state index in [0.717, 1.165) is 11.1 Å². The molecule has 0 unspecified atom stereocenters. The van der Waals surface area contributed by atoms with Crippen molar-refractivity contribution in [3.8, 4) is 11.5 Å². The largest absolute Gasteiger partial charge is 0.493 e. The van der Waals surface area contributed by atoms with Crippen LogP contribution in [-0.2, 0) is 24.1 Å². The van der Waals surface area contributed by atoms with Crippen molar-refractivity contribution in [1.29, 1.82) is 0 Å². The van der Waals surface area contributed by atoms with Gasteiger partial charge in [0.15, 0.2) is 11.5 Å². The van der Waals surface area contributed by atoms with E-state index in [0.29, 0.717) is 36.3 Å². The van der Waals surface area contributed by atoms with Gasteiger partial charge in [0.25, 0.3) is 5.91 Å². The normalized spacial score (nSPS) is 16.2. The number of fused-ring (bicyclic) bond motifs is 1. The Hall–Kier alpha value is -3.94. The molecule has 1 aliphatic heterocycles. The molecule has 0 aliphatic carbocycles. The van der Waals surface area contributed by atoms with Gasteiger partial charge in [-0.2, -0.15) is 0 Å². The van der Waals surface area contributed by atoms with Crippen LogP contribution in [0.1, 0.15) is 34.0 Å². The van der Waals surface area contributed by atoms with Crippen LogP contribution in [0.25, 0.3) is 0 Å². The molecule has 0 radical (unpaired) electrons. The first-order chi connectivity index (χ1) is 17.2. The molecule has 1 aliphatic rings. The minimum Gasteiger partial charge on any atom is -0.493 e. The summed E-state index contributed by atoms with van der Waals surface area (Å²) in [6.45, 7) is 1.53. The molecule has 1 amide bonds. The van der Waals surface area contributed by atoms with Gasteiger partial charge in [-0.1, -0.05) is 30.3 Å². The zero-order valence-electron chi connectivity index (χ0n) is 20.1. The van der Waals surface area contributed by atoms with Crippen molar-refractivity contribution in [3.63, 3.8) is 0 Å². The number of carboxylic acids is 1. The van der Waals surface area contributed by atoms with E-state index in [-0.39, 0.29) is 23.7 Å². The predicted octanol–water partition coefficient (Wildman–Crippen LogP) is 4.68. The molecule has 0 aromatic heterocycles. The second kappa shape index (κ2) is 10.4. The van der Waals surface area contributed by atoms with Crippen molar-refractivity contribution in [3.05, 3.63) is 94.6 Å². The minimum atomic E-state index is -1.14. The van der Waals surface area contributed by atoms with Gasteiger partial charge in [-0.15, -0.1) is 0 Å². The number of halogens is 2. The number of aliphatic carboxylic acids is 1. The van der Waals surface area contributed by atoms with Crippen LogP contribution >= 0.6 is 0 Å². The van der Waals surface area contributed by atoms with Crippen LogP contribution in [0.15, 0.2) is 60.7 Å². The average Bonchev–Trinajstić information content (AvgIpc) is 3.18. The molecule has 4 rings (SSSR count). The van der Waals surface area contributed by atoms with Gasteiger partial charge in [0, 0.05) is 30.5 Å². The molecule has 0 saturated carbocycles. The lowest BCUT2D eigenvalue weighted by Crippen LogP contribution is -2.37. The second-order valence-electron chi connectivity index (χ2n) is 9.16. The molecule has 188 valence electrons. The van der Waals surface area contributed by atoms with E-state index < -0.39 is 24.0 Å². The summed E-state index contributed by atoms with van der Waals surface area (Å²) in [5.74, 6) is -1.45. The Labute approximate surface area is 208 Å². The highest BCUT2D eigenvalue weighted by molar-refractivity contribution is 5.97. The first-order valence-corrected chi connectivity index (χ1v) is 11.6. The van der Waals surface area contributed by atoms with Crippen molar-refractivity contribution in [1.82, 2.24) is 4.90 Å². The fourth-order valence-electron chi connectivity index (χ4n) is 4.52. The van der Waals surface area contributed by atoms with Crippen molar-refractivity contribution in [2.24, 2.45) is 0 Å². The summed E-state index contributed by atoms with van der Waals surface area (Å²) >= 11 is 0. The fraction of sp³-hybridized carbons (Fsp3) is 0.286. The average molecular weight is 496 g/mol. The number of carboxylic acid groups (broad SMARTS) is 1. The van der Waals surface area contributed by atoms with E-state index in [2.05, 4.69) is 0 Å². The van der Waals surface area contributed by atoms with Crippen LogP contribution in [0.2, 0.25) is 0 Å². The summed E-state index contributed by atoms with van der Waals surface area (Å²) in [4.78, 5) is 26.1. The Balaban J connectivity index is 1.57. The Morgan fingerprint density at radius 2 is 1.83 bits per heavy atom. The van der Waals surface area contributed by atoms with Gasteiger partial charge in [-0.05, 0) is 54.8 Å². The van der Waals surface area contributed by atoms with Crippen LogP contribution in [0.4, 0.5) is 8.78 Å². The summed E-state index contributed by atoms with van der Waals surface area (Å²) in [6, 6.07) is 15.6. The Bertz CT molecular complexity index is 1280. The number of amides is 1. The quantitative estimate of drug-likeness (QED) is 0.467. The summed E-state index contributed by atoms with van der Waals surface area (Å²) in [7, 11) is 1.46. The molecule has 8 heteroatoms. The second-order valence-corrected chi connectivity index (χ2v) is 9.16. The number of benzene rings is 3. The maximum Gasteiger partial charge on any atom is 0.323 e. The molecular weight excluding hydrogens is 468 g/mol. The third-order valence-electron chi connectivity index (χ3n) is 6.23. The van der Waals surface area contributed by atoms with Crippen LogP contribution in [0.3, 0.4) is 0 Å². The molecule has 36 heavy (non-hydrogen) atoms. The van der Waals surface area contributed by atoms with Gasteiger partial charge in [0.2, 0.25) is 0 Å². The van der Waals surface area contributed by atoms with Crippen molar-refractivity contribution < 1.29 is 33.0 Å². The van der Waals surface area contributed by atoms with E-state index in [1.165, 1.54) is 36.3 Å². The lowest BCUT2D eigenvalue weighted by atomic mass is 9.91. The number of methoxy groups -OCH3 is 1. The molecule has 0 spiro atoms. The number of hydrogen-bond donors (Lipinski definition) is 1. The lowest BCUT2D eigenvalue weighted by Gasteiger charge is -2.24. The highest BCUT2D eigenvalue weighted by atomic mass is 19.1. The highest BCUT2D eigenvalue weighted by Gasteiger charge is 2.38. The number of hydrogen-bond acceptors (Lipinski definition) is 4. The Morgan fingerprint density at radius 1 is 1.11 bits per heavy atom. The smallest absolute Gasteiger partial charge is 0.323 e. The molecule has 1 atom stereocenters. The predicted molar refractivity (Wildman–Crippen MR) is 129 cm³/mol. The van der Waals surface area contributed by atoms with Crippen molar-refractivity contribution >= 4 is 11.9 Å². The summed E-state index contributed by atoms with van der Waals surface area (Å²) < 4.78 is 39.2. The molecule has 1 N–H and O–H groups in total. The zero-order chi connectivity index (χ0) is 25.9. The lowest BCUT2D eigenvalue weighted by molar-refractivity contribution is -0.137. The number of carbonyl (C=O) groups is 2. The number of carbonyl (C=O) groups excluding carboxylic acids is 1. The molecule has 3 aromatic carbocycles. The number of rotatable bonds is 9. The standard InChI is InChI=1S/C28H27F2NO5/c1-28(15-19-5-3-4-6-23(19)30)16-21-13-20(14-24(35-2)26(21)36-28)27(34)31(17-25(32)33)12-11-18-7-9-22(29)10-8-18/h3-10,13-14H,11-12,15-17H2,1-2H3,(H,32,33)/t28-/m1/s1. The topological polar surface area (TPSA) is 76.1 Å². The fourth-order valence-corrected chi connectivity index (χ4v) is 4.52. The Morgan fingerprint density at radius 3 is 2.50 bits per heavy atom. The molecule has 6 nitrogen and oxygen atoms in total. The van der Waals surface area contributed by atoms with Crippen LogP contribution in [-0.4, -0.2) is 47.7 Å². The monoisotopic (exact) mass is 495 g/mol. The van der Waals surface area contributed by atoms with Crippen LogP contribution < -0.4 is 9.47 Å². The maximum absolute atomic E-state index is 14.3. The molecule has 3 aromatic rings. The van der Waals surface area contributed by atoms with Gasteiger partial charge in [0.05, 0.1) is 7.11 Å².